The third-order valence-electron chi connectivity index (χ3n) is 0.509. The second kappa shape index (κ2) is 11.4. The molecule has 0 radical (unpaired) electrons. The average molecular weight is 246 g/mol. The van der Waals surface area contributed by atoms with Gasteiger partial charge in [-0.2, -0.15) is 0 Å². The first-order chi connectivity index (χ1) is 4.31. The van der Waals surface area contributed by atoms with E-state index in [9.17, 15) is 4.79 Å². The van der Waals surface area contributed by atoms with Crippen molar-refractivity contribution in [3.63, 3.8) is 0 Å². The molecule has 0 fully saturated rings. The quantitative estimate of drug-likeness (QED) is 0.420. The topological polar surface area (TPSA) is 26.3 Å². The van der Waals surface area contributed by atoms with E-state index in [1.807, 2.05) is 0 Å². The Balaban J connectivity index is 0. The zero-order valence-electron chi connectivity index (χ0n) is 5.52. The molecule has 0 atom stereocenters. The third-order valence-corrected chi connectivity index (χ3v) is 0.509. The van der Waals surface area contributed by atoms with Crippen molar-refractivity contribution in [1.82, 2.24) is 0 Å². The Morgan fingerprint density at radius 1 is 1.78 bits per heavy atom. The van der Waals surface area contributed by atoms with Crippen molar-refractivity contribution in [2.75, 3.05) is 6.61 Å². The van der Waals surface area contributed by atoms with E-state index < -0.39 is 0 Å². The van der Waals surface area contributed by atoms with E-state index in [2.05, 4.69) is 25.3 Å². The van der Waals surface area contributed by atoms with E-state index in [0.29, 0.717) is 6.61 Å². The summed E-state index contributed by atoms with van der Waals surface area (Å²) >= 11 is 4.25. The van der Waals surface area contributed by atoms with E-state index in [1.165, 1.54) is 16.3 Å². The van der Waals surface area contributed by atoms with Gasteiger partial charge >= 0.3 is 30.0 Å². The van der Waals surface area contributed by atoms with Gasteiger partial charge in [0.2, 0.25) is 0 Å². The van der Waals surface area contributed by atoms with Crippen LogP contribution < -0.4 is 0 Å². The van der Waals surface area contributed by atoms with Crippen molar-refractivity contribution in [2.24, 2.45) is 0 Å². The number of carbonyl (C=O) groups is 1. The molecule has 0 saturated heterocycles. The fraction of sp³-hybridized carbons (Fsp3) is 0.600. The molecule has 50 valence electrons. The molecule has 0 amide bonds. The predicted molar refractivity (Wildman–Crippen MR) is 35.5 cm³/mol. The van der Waals surface area contributed by atoms with E-state index in [-0.39, 0.29) is 12.4 Å². The summed E-state index contributed by atoms with van der Waals surface area (Å²) in [7, 11) is 0. The molecule has 0 rings (SSSR count). The zero-order chi connectivity index (χ0) is 7.70. The Morgan fingerprint density at radius 2 is 2.22 bits per heavy atom. The molecule has 9 heavy (non-hydrogen) atoms. The van der Waals surface area contributed by atoms with Crippen molar-refractivity contribution in [3.05, 3.63) is 6.92 Å². The van der Waals surface area contributed by atoms with Gasteiger partial charge in [-0.3, -0.25) is 4.79 Å². The first kappa shape index (κ1) is 12.3. The van der Waals surface area contributed by atoms with Gasteiger partial charge in [-0.25, -0.2) is 0 Å². The van der Waals surface area contributed by atoms with Gasteiger partial charge < -0.3 is 11.7 Å². The van der Waals surface area contributed by atoms with Gasteiger partial charge in [0.15, 0.2) is 0 Å². The number of ether oxygens (including phenoxy) is 1. The standard InChI is InChI=1S/C5H9O2.BrH.Zn/c1-3-5(6)7-4-2;;/h1,3-4H2,2H3;1H;/q-1;;+2/p-1. The van der Waals surface area contributed by atoms with Crippen LogP contribution in [0.25, 0.3) is 0 Å². The van der Waals surface area contributed by atoms with Gasteiger partial charge in [0, 0.05) is 0 Å². The summed E-state index contributed by atoms with van der Waals surface area (Å²) in [5, 5.41) is 0. The second-order valence-corrected chi connectivity index (χ2v) is 1.06. The summed E-state index contributed by atoms with van der Waals surface area (Å²) < 4.78 is 4.49. The van der Waals surface area contributed by atoms with Gasteiger partial charge in [0.05, 0.1) is 6.61 Å². The van der Waals surface area contributed by atoms with Crippen LogP contribution in [0.2, 0.25) is 0 Å². The normalized spacial score (nSPS) is 7.22. The maximum atomic E-state index is 10.1. The van der Waals surface area contributed by atoms with E-state index in [0.717, 1.165) is 0 Å². The van der Waals surface area contributed by atoms with E-state index in [1.54, 1.807) is 6.92 Å². The molecule has 0 bridgehead atoms. The SMILES string of the molecule is [CH2-]CC(=O)OCC.[Zn+][Br]. The zero-order valence-corrected chi connectivity index (χ0v) is 10.1. The summed E-state index contributed by atoms with van der Waals surface area (Å²) in [5.74, 6) is -0.234. The van der Waals surface area contributed by atoms with Gasteiger partial charge in [-0.15, -0.1) is 0 Å². The fourth-order valence-electron chi connectivity index (χ4n) is 0.233. The maximum absolute atomic E-state index is 10.1. The van der Waals surface area contributed by atoms with E-state index >= 15 is 0 Å². The summed E-state index contributed by atoms with van der Waals surface area (Å²) in [6.07, 6.45) is 0.230. The third kappa shape index (κ3) is 11.9. The molecule has 0 aromatic heterocycles. The van der Waals surface area contributed by atoms with Crippen molar-refractivity contribution in [3.8, 4) is 0 Å². The molecule has 0 aliphatic heterocycles. The number of carbonyl (C=O) groups excluding carboxylic acids is 1. The first-order valence-electron chi connectivity index (χ1n) is 2.52. The molecule has 0 aromatic carbocycles. The van der Waals surface area contributed by atoms with Gasteiger partial charge in [0.25, 0.3) is 5.97 Å². The van der Waals surface area contributed by atoms with Crippen LogP contribution in [0, 0.1) is 6.92 Å². The predicted octanol–water partition coefficient (Wildman–Crippen LogP) is 1.62. The number of esters is 1. The Labute approximate surface area is 72.4 Å². The van der Waals surface area contributed by atoms with Crippen LogP contribution in [-0.2, 0) is 25.9 Å². The summed E-state index contributed by atoms with van der Waals surface area (Å²) in [6, 6.07) is 0. The number of hydrogen-bond donors (Lipinski definition) is 0. The molecule has 0 aromatic rings. The van der Waals surface area contributed by atoms with Crippen LogP contribution >= 0.6 is 13.6 Å². The molecular weight excluding hydrogens is 237 g/mol. The number of hydrogen-bond acceptors (Lipinski definition) is 2. The first-order valence-corrected chi connectivity index (χ1v) is 9.47. The number of halogens is 1. The Morgan fingerprint density at radius 3 is 2.33 bits per heavy atom. The number of rotatable bonds is 2. The molecule has 0 N–H and O–H groups in total. The Hall–Kier alpha value is 0.573. The average Bonchev–Trinajstić information content (AvgIpc) is 1.93. The minimum atomic E-state index is -0.234. The van der Waals surface area contributed by atoms with Crippen molar-refractivity contribution in [2.45, 2.75) is 13.3 Å². The van der Waals surface area contributed by atoms with Crippen LogP contribution in [0.1, 0.15) is 13.3 Å². The van der Waals surface area contributed by atoms with Gasteiger partial charge in [0.1, 0.15) is 0 Å². The van der Waals surface area contributed by atoms with Crippen LogP contribution in [0.3, 0.4) is 0 Å². The van der Waals surface area contributed by atoms with Crippen LogP contribution in [0.5, 0.6) is 0 Å². The van der Waals surface area contributed by atoms with Crippen LogP contribution in [0.4, 0.5) is 0 Å². The molecule has 0 aliphatic carbocycles. The molecule has 0 spiro atoms. The molecular formula is C5H9BrO2Zn. The Kier molecular flexibility index (Phi) is 15.5. The summed E-state index contributed by atoms with van der Waals surface area (Å²) in [4.78, 5) is 10.1. The van der Waals surface area contributed by atoms with Crippen molar-refractivity contribution in [1.29, 1.82) is 0 Å². The second-order valence-electron chi connectivity index (χ2n) is 1.06. The van der Waals surface area contributed by atoms with Gasteiger partial charge in [-0.1, -0.05) is 6.42 Å². The minimum absolute atomic E-state index is 0.230. The summed E-state index contributed by atoms with van der Waals surface area (Å²) in [5.41, 5.74) is 0. The fourth-order valence-corrected chi connectivity index (χ4v) is 0.233. The molecule has 2 nitrogen and oxygen atoms in total. The van der Waals surface area contributed by atoms with Gasteiger partial charge in [-0.05, 0) is 6.92 Å². The van der Waals surface area contributed by atoms with Crippen molar-refractivity contribution < 1.29 is 25.9 Å². The summed E-state index contributed by atoms with van der Waals surface area (Å²) in [6.45, 7) is 5.55. The van der Waals surface area contributed by atoms with Crippen molar-refractivity contribution >= 4 is 19.6 Å². The van der Waals surface area contributed by atoms with Crippen LogP contribution in [0.15, 0.2) is 0 Å². The van der Waals surface area contributed by atoms with E-state index in [4.69, 9.17) is 0 Å². The Bertz CT molecular complexity index is 68.0. The molecule has 0 aliphatic rings. The molecule has 0 saturated carbocycles. The molecule has 0 unspecified atom stereocenters. The molecule has 0 heterocycles. The molecule has 4 heteroatoms. The monoisotopic (exact) mass is 244 g/mol. The van der Waals surface area contributed by atoms with Crippen LogP contribution in [-0.4, -0.2) is 12.6 Å².